The van der Waals surface area contributed by atoms with Crippen molar-refractivity contribution in [3.05, 3.63) is 35.5 Å². The number of H-pyrrole nitrogens is 1. The number of aromatic carboxylic acids is 1. The maximum atomic E-state index is 11.1. The largest absolute Gasteiger partial charge is 0.477 e. The normalized spacial score (nSPS) is 14.3. The number of aromatic nitrogens is 5. The van der Waals surface area contributed by atoms with Gasteiger partial charge in [-0.25, -0.2) is 14.8 Å². The molecule has 0 fully saturated rings. The molecular formula is C14H14N6O2. The average molecular weight is 298 g/mol. The molecule has 3 aromatic rings. The molecule has 0 saturated carbocycles. The zero-order valence-electron chi connectivity index (χ0n) is 11.9. The van der Waals surface area contributed by atoms with E-state index in [-0.39, 0.29) is 5.69 Å². The standard InChI is InChI=1S/C14H14N6O2/c1-8-5-17-20-3-2-19(6-11(8)20)13-9-4-10(14(21)22)18-12(9)15-7-16-13/h4-5,7H,2-3,6H2,1H3,(H,21,22)(H,15,16,18). The SMILES string of the molecule is Cc1cnn2c1CN(c1ncnc3[nH]c(C(=O)O)cc13)CC2. The highest BCUT2D eigenvalue weighted by Crippen LogP contribution is 2.27. The van der Waals surface area contributed by atoms with E-state index >= 15 is 0 Å². The minimum Gasteiger partial charge on any atom is -0.477 e. The van der Waals surface area contributed by atoms with Gasteiger partial charge in [-0.1, -0.05) is 0 Å². The van der Waals surface area contributed by atoms with Gasteiger partial charge in [-0.05, 0) is 18.6 Å². The van der Waals surface area contributed by atoms with Crippen molar-refractivity contribution in [2.75, 3.05) is 11.4 Å². The molecule has 112 valence electrons. The highest BCUT2D eigenvalue weighted by Gasteiger charge is 2.22. The quantitative estimate of drug-likeness (QED) is 0.737. The van der Waals surface area contributed by atoms with E-state index in [9.17, 15) is 4.79 Å². The monoisotopic (exact) mass is 298 g/mol. The molecule has 3 aromatic heterocycles. The summed E-state index contributed by atoms with van der Waals surface area (Å²) in [5.74, 6) is -0.253. The summed E-state index contributed by atoms with van der Waals surface area (Å²) in [4.78, 5) is 24.5. The van der Waals surface area contributed by atoms with Gasteiger partial charge in [0, 0.05) is 6.54 Å². The van der Waals surface area contributed by atoms with E-state index < -0.39 is 5.97 Å². The molecule has 0 bridgehead atoms. The predicted octanol–water partition coefficient (Wildman–Crippen LogP) is 1.18. The Labute approximate surface area is 125 Å². The van der Waals surface area contributed by atoms with Crippen molar-refractivity contribution in [3.63, 3.8) is 0 Å². The number of fused-ring (bicyclic) bond motifs is 2. The Balaban J connectivity index is 1.78. The minimum absolute atomic E-state index is 0.120. The fraction of sp³-hybridized carbons (Fsp3) is 0.286. The summed E-state index contributed by atoms with van der Waals surface area (Å²) < 4.78 is 2.00. The molecule has 0 saturated heterocycles. The van der Waals surface area contributed by atoms with E-state index in [1.165, 1.54) is 6.33 Å². The van der Waals surface area contributed by atoms with Crippen molar-refractivity contribution in [2.45, 2.75) is 20.0 Å². The first-order valence-corrected chi connectivity index (χ1v) is 6.97. The number of nitrogens with zero attached hydrogens (tertiary/aromatic N) is 5. The van der Waals surface area contributed by atoms with Crippen LogP contribution in [0.1, 0.15) is 21.7 Å². The van der Waals surface area contributed by atoms with E-state index in [2.05, 4.69) is 25.0 Å². The first-order valence-electron chi connectivity index (χ1n) is 6.97. The van der Waals surface area contributed by atoms with Gasteiger partial charge in [0.25, 0.3) is 0 Å². The molecule has 22 heavy (non-hydrogen) atoms. The lowest BCUT2D eigenvalue weighted by molar-refractivity contribution is 0.0691. The lowest BCUT2D eigenvalue weighted by atomic mass is 10.2. The molecule has 0 aliphatic carbocycles. The van der Waals surface area contributed by atoms with Crippen LogP contribution in [0, 0.1) is 6.92 Å². The molecule has 0 unspecified atom stereocenters. The molecular weight excluding hydrogens is 284 g/mol. The second-order valence-electron chi connectivity index (χ2n) is 5.37. The van der Waals surface area contributed by atoms with Crippen LogP contribution in [-0.2, 0) is 13.1 Å². The van der Waals surface area contributed by atoms with Crippen LogP contribution in [0.2, 0.25) is 0 Å². The third-order valence-corrected chi connectivity index (χ3v) is 4.01. The van der Waals surface area contributed by atoms with Crippen LogP contribution in [0.3, 0.4) is 0 Å². The Kier molecular flexibility index (Phi) is 2.65. The first kappa shape index (κ1) is 12.8. The summed E-state index contributed by atoms with van der Waals surface area (Å²) in [6.45, 7) is 4.29. The van der Waals surface area contributed by atoms with Crippen molar-refractivity contribution in [2.24, 2.45) is 0 Å². The number of carboxylic acids is 1. The van der Waals surface area contributed by atoms with E-state index in [4.69, 9.17) is 5.11 Å². The van der Waals surface area contributed by atoms with Crippen molar-refractivity contribution >= 4 is 22.8 Å². The molecule has 1 aliphatic rings. The van der Waals surface area contributed by atoms with Gasteiger partial charge in [0.05, 0.1) is 30.4 Å². The summed E-state index contributed by atoms with van der Waals surface area (Å²) >= 11 is 0. The summed E-state index contributed by atoms with van der Waals surface area (Å²) in [6.07, 6.45) is 3.33. The van der Waals surface area contributed by atoms with E-state index in [1.54, 1.807) is 6.07 Å². The molecule has 8 nitrogen and oxygen atoms in total. The van der Waals surface area contributed by atoms with Crippen molar-refractivity contribution in [1.82, 2.24) is 24.7 Å². The molecule has 0 atom stereocenters. The summed E-state index contributed by atoms with van der Waals surface area (Å²) in [6, 6.07) is 1.59. The summed E-state index contributed by atoms with van der Waals surface area (Å²) in [5.41, 5.74) is 2.97. The highest BCUT2D eigenvalue weighted by atomic mass is 16.4. The van der Waals surface area contributed by atoms with Gasteiger partial charge in [-0.15, -0.1) is 0 Å². The minimum atomic E-state index is -1.00. The fourth-order valence-electron chi connectivity index (χ4n) is 2.85. The van der Waals surface area contributed by atoms with Crippen LogP contribution >= 0.6 is 0 Å². The smallest absolute Gasteiger partial charge is 0.352 e. The highest BCUT2D eigenvalue weighted by molar-refractivity contribution is 5.96. The van der Waals surface area contributed by atoms with Gasteiger partial charge in [0.2, 0.25) is 0 Å². The molecule has 0 amide bonds. The third kappa shape index (κ3) is 1.84. The lowest BCUT2D eigenvalue weighted by Gasteiger charge is -2.29. The third-order valence-electron chi connectivity index (χ3n) is 4.01. The molecule has 0 radical (unpaired) electrons. The second kappa shape index (κ2) is 4.55. The Bertz CT molecular complexity index is 881. The number of carbonyl (C=O) groups is 1. The average Bonchev–Trinajstić information content (AvgIpc) is 3.11. The second-order valence-corrected chi connectivity index (χ2v) is 5.37. The maximum Gasteiger partial charge on any atom is 0.352 e. The van der Waals surface area contributed by atoms with Crippen LogP contribution in [-0.4, -0.2) is 42.4 Å². The molecule has 4 heterocycles. The summed E-state index contributed by atoms with van der Waals surface area (Å²) in [7, 11) is 0. The number of hydrogen-bond acceptors (Lipinski definition) is 5. The fourth-order valence-corrected chi connectivity index (χ4v) is 2.85. The maximum absolute atomic E-state index is 11.1. The van der Waals surface area contributed by atoms with Crippen LogP contribution in [0.25, 0.3) is 11.0 Å². The van der Waals surface area contributed by atoms with Crippen LogP contribution in [0.5, 0.6) is 0 Å². The van der Waals surface area contributed by atoms with Gasteiger partial charge >= 0.3 is 5.97 Å². The zero-order valence-corrected chi connectivity index (χ0v) is 11.9. The van der Waals surface area contributed by atoms with Crippen LogP contribution < -0.4 is 4.90 Å². The molecule has 0 aromatic carbocycles. The number of carboxylic acid groups (broad SMARTS) is 1. The number of aryl methyl sites for hydroxylation is 1. The van der Waals surface area contributed by atoms with Crippen LogP contribution in [0.4, 0.5) is 5.82 Å². The van der Waals surface area contributed by atoms with E-state index in [0.717, 1.165) is 35.6 Å². The Morgan fingerprint density at radius 3 is 3.05 bits per heavy atom. The lowest BCUT2D eigenvalue weighted by Crippen LogP contribution is -2.34. The van der Waals surface area contributed by atoms with Gasteiger partial charge in [0.1, 0.15) is 23.5 Å². The number of nitrogens with one attached hydrogen (secondary N) is 1. The molecule has 4 rings (SSSR count). The van der Waals surface area contributed by atoms with Crippen molar-refractivity contribution in [1.29, 1.82) is 0 Å². The van der Waals surface area contributed by atoms with Gasteiger partial charge in [-0.2, -0.15) is 5.10 Å². The van der Waals surface area contributed by atoms with Gasteiger partial charge in [-0.3, -0.25) is 4.68 Å². The zero-order chi connectivity index (χ0) is 15.3. The number of hydrogen-bond donors (Lipinski definition) is 2. The van der Waals surface area contributed by atoms with Gasteiger partial charge < -0.3 is 15.0 Å². The number of aromatic amines is 1. The summed E-state index contributed by atoms with van der Waals surface area (Å²) in [5, 5.41) is 14.2. The number of rotatable bonds is 2. The van der Waals surface area contributed by atoms with E-state index in [0.29, 0.717) is 12.2 Å². The predicted molar refractivity (Wildman–Crippen MR) is 78.9 cm³/mol. The Morgan fingerprint density at radius 1 is 1.36 bits per heavy atom. The topological polar surface area (TPSA) is 99.9 Å². The molecule has 2 N–H and O–H groups in total. The molecule has 0 spiro atoms. The Hall–Kier alpha value is -2.90. The molecule has 8 heteroatoms. The van der Waals surface area contributed by atoms with Crippen molar-refractivity contribution in [3.8, 4) is 0 Å². The van der Waals surface area contributed by atoms with Gasteiger partial charge in [0.15, 0.2) is 0 Å². The van der Waals surface area contributed by atoms with Crippen molar-refractivity contribution < 1.29 is 9.90 Å². The Morgan fingerprint density at radius 2 is 2.23 bits per heavy atom. The van der Waals surface area contributed by atoms with Crippen LogP contribution in [0.15, 0.2) is 18.6 Å². The molecule has 1 aliphatic heterocycles. The number of anilines is 1. The first-order chi connectivity index (χ1) is 10.6. The van der Waals surface area contributed by atoms with E-state index in [1.807, 2.05) is 17.8 Å².